The van der Waals surface area contributed by atoms with Gasteiger partial charge in [-0.15, -0.1) is 0 Å². The van der Waals surface area contributed by atoms with E-state index in [9.17, 15) is 9.18 Å². The number of carbonyl (C=O) groups is 1. The molecule has 3 N–H and O–H groups in total. The molecule has 18 heavy (non-hydrogen) atoms. The van der Waals surface area contributed by atoms with Crippen molar-refractivity contribution < 1.29 is 9.18 Å². The molecule has 0 radical (unpaired) electrons. The van der Waals surface area contributed by atoms with E-state index in [1.165, 1.54) is 18.2 Å². The molecule has 0 aliphatic heterocycles. The highest BCUT2D eigenvalue weighted by molar-refractivity contribution is 5.95. The first-order valence-corrected chi connectivity index (χ1v) is 6.40. The van der Waals surface area contributed by atoms with E-state index in [0.717, 1.165) is 25.7 Å². The number of nitrogens with two attached hydrogens (primary N) is 1. The van der Waals surface area contributed by atoms with Crippen LogP contribution in [0.1, 0.15) is 49.9 Å². The highest BCUT2D eigenvalue weighted by Gasteiger charge is 2.14. The van der Waals surface area contributed by atoms with Crippen molar-refractivity contribution in [1.29, 1.82) is 0 Å². The molecule has 100 valence electrons. The average Bonchev–Trinajstić information content (AvgIpc) is 2.32. The minimum absolute atomic E-state index is 0.0114. The zero-order chi connectivity index (χ0) is 13.5. The van der Waals surface area contributed by atoms with Crippen LogP contribution in [0.3, 0.4) is 0 Å². The molecule has 3 nitrogen and oxygen atoms in total. The Labute approximate surface area is 108 Å². The topological polar surface area (TPSA) is 55.1 Å². The number of unbranched alkanes of at least 4 members (excludes halogenated alkanes) is 2. The molecule has 1 amide bonds. The van der Waals surface area contributed by atoms with Crippen LogP contribution in [0.2, 0.25) is 0 Å². The van der Waals surface area contributed by atoms with Crippen molar-refractivity contribution in [3.8, 4) is 0 Å². The van der Waals surface area contributed by atoms with Crippen LogP contribution in [-0.4, -0.2) is 11.9 Å². The van der Waals surface area contributed by atoms with Crippen LogP contribution in [0.25, 0.3) is 0 Å². The third-order valence-corrected chi connectivity index (χ3v) is 2.85. The molecule has 1 aromatic carbocycles. The SMILES string of the molecule is CCCCCC(C)NC(=O)c1cc(N)ccc1F. The Morgan fingerprint density at radius 2 is 2.17 bits per heavy atom. The van der Waals surface area contributed by atoms with Crippen LogP contribution in [0.15, 0.2) is 18.2 Å². The van der Waals surface area contributed by atoms with Crippen molar-refractivity contribution in [2.45, 2.75) is 45.6 Å². The fourth-order valence-electron chi connectivity index (χ4n) is 1.79. The Kier molecular flexibility index (Phi) is 5.62. The van der Waals surface area contributed by atoms with E-state index in [2.05, 4.69) is 12.2 Å². The summed E-state index contributed by atoms with van der Waals surface area (Å²) in [5.74, 6) is -0.939. The molecular formula is C14H21FN2O. The van der Waals surface area contributed by atoms with Gasteiger partial charge in [-0.25, -0.2) is 4.39 Å². The van der Waals surface area contributed by atoms with E-state index in [0.29, 0.717) is 5.69 Å². The lowest BCUT2D eigenvalue weighted by molar-refractivity contribution is 0.0934. The minimum atomic E-state index is -0.539. The highest BCUT2D eigenvalue weighted by Crippen LogP contribution is 2.12. The third kappa shape index (κ3) is 4.35. The Hall–Kier alpha value is -1.58. The molecule has 1 rings (SSSR count). The summed E-state index contributed by atoms with van der Waals surface area (Å²) in [6, 6.07) is 4.07. The van der Waals surface area contributed by atoms with Gasteiger partial charge in [0.25, 0.3) is 5.91 Å². The molecule has 0 saturated carbocycles. The van der Waals surface area contributed by atoms with Crippen LogP contribution >= 0.6 is 0 Å². The molecule has 1 atom stereocenters. The van der Waals surface area contributed by atoms with Gasteiger partial charge in [-0.2, -0.15) is 0 Å². The number of hydrogen-bond acceptors (Lipinski definition) is 2. The number of hydrogen-bond donors (Lipinski definition) is 2. The van der Waals surface area contributed by atoms with Crippen LogP contribution in [0.5, 0.6) is 0 Å². The quantitative estimate of drug-likeness (QED) is 0.603. The molecule has 0 saturated heterocycles. The van der Waals surface area contributed by atoms with E-state index in [1.807, 2.05) is 6.92 Å². The Bertz CT molecular complexity index is 407. The second-order valence-corrected chi connectivity index (χ2v) is 4.61. The minimum Gasteiger partial charge on any atom is -0.399 e. The van der Waals surface area contributed by atoms with E-state index < -0.39 is 11.7 Å². The van der Waals surface area contributed by atoms with Crippen molar-refractivity contribution in [2.24, 2.45) is 0 Å². The predicted molar refractivity (Wildman–Crippen MR) is 71.9 cm³/mol. The lowest BCUT2D eigenvalue weighted by Crippen LogP contribution is -2.33. The summed E-state index contributed by atoms with van der Waals surface area (Å²) in [6.07, 6.45) is 4.26. The van der Waals surface area contributed by atoms with E-state index in [4.69, 9.17) is 5.73 Å². The van der Waals surface area contributed by atoms with Gasteiger partial charge in [-0.05, 0) is 31.5 Å². The number of anilines is 1. The average molecular weight is 252 g/mol. The normalized spacial score (nSPS) is 12.2. The van der Waals surface area contributed by atoms with Crippen molar-refractivity contribution in [3.05, 3.63) is 29.6 Å². The number of nitrogen functional groups attached to an aromatic ring is 1. The Balaban J connectivity index is 2.56. The molecule has 4 heteroatoms. The van der Waals surface area contributed by atoms with Gasteiger partial charge in [0.05, 0.1) is 5.56 Å². The second kappa shape index (κ2) is 6.99. The second-order valence-electron chi connectivity index (χ2n) is 4.61. The van der Waals surface area contributed by atoms with Crippen molar-refractivity contribution in [2.75, 3.05) is 5.73 Å². The maximum absolute atomic E-state index is 13.5. The highest BCUT2D eigenvalue weighted by atomic mass is 19.1. The summed E-state index contributed by atoms with van der Waals surface area (Å²) < 4.78 is 13.5. The van der Waals surface area contributed by atoms with Gasteiger partial charge in [0, 0.05) is 11.7 Å². The van der Waals surface area contributed by atoms with Crippen LogP contribution < -0.4 is 11.1 Å². The monoisotopic (exact) mass is 252 g/mol. The van der Waals surface area contributed by atoms with Gasteiger partial charge in [-0.3, -0.25) is 4.79 Å². The van der Waals surface area contributed by atoms with E-state index in [1.54, 1.807) is 0 Å². The number of benzene rings is 1. The van der Waals surface area contributed by atoms with Crippen molar-refractivity contribution in [3.63, 3.8) is 0 Å². The third-order valence-electron chi connectivity index (χ3n) is 2.85. The number of rotatable bonds is 6. The summed E-state index contributed by atoms with van der Waals surface area (Å²) in [7, 11) is 0. The summed E-state index contributed by atoms with van der Waals surface area (Å²) in [5, 5.41) is 2.79. The number of carbonyl (C=O) groups excluding carboxylic acids is 1. The fourth-order valence-corrected chi connectivity index (χ4v) is 1.79. The van der Waals surface area contributed by atoms with Gasteiger partial charge >= 0.3 is 0 Å². The molecule has 0 aliphatic rings. The van der Waals surface area contributed by atoms with Gasteiger partial charge in [0.15, 0.2) is 0 Å². The van der Waals surface area contributed by atoms with Gasteiger partial charge in [-0.1, -0.05) is 26.2 Å². The summed E-state index contributed by atoms with van der Waals surface area (Å²) >= 11 is 0. The fraction of sp³-hybridized carbons (Fsp3) is 0.500. The van der Waals surface area contributed by atoms with Crippen molar-refractivity contribution in [1.82, 2.24) is 5.32 Å². The summed E-state index contributed by atoms with van der Waals surface area (Å²) in [5.41, 5.74) is 5.95. The summed E-state index contributed by atoms with van der Waals surface area (Å²) in [4.78, 5) is 11.9. The molecule has 0 bridgehead atoms. The predicted octanol–water partition coefficient (Wildman–Crippen LogP) is 3.11. The van der Waals surface area contributed by atoms with Crippen LogP contribution in [0, 0.1) is 5.82 Å². The molecule has 0 spiro atoms. The zero-order valence-corrected chi connectivity index (χ0v) is 11.0. The number of nitrogens with one attached hydrogen (secondary N) is 1. The van der Waals surface area contributed by atoms with Gasteiger partial charge in [0.2, 0.25) is 0 Å². The first-order valence-electron chi connectivity index (χ1n) is 6.40. The first-order chi connectivity index (χ1) is 8.54. The van der Waals surface area contributed by atoms with Crippen molar-refractivity contribution >= 4 is 11.6 Å². The van der Waals surface area contributed by atoms with E-state index >= 15 is 0 Å². The maximum Gasteiger partial charge on any atom is 0.254 e. The molecule has 1 aromatic rings. The number of halogens is 1. The maximum atomic E-state index is 13.5. The Morgan fingerprint density at radius 3 is 2.83 bits per heavy atom. The Morgan fingerprint density at radius 1 is 1.44 bits per heavy atom. The lowest BCUT2D eigenvalue weighted by Gasteiger charge is -2.14. The largest absolute Gasteiger partial charge is 0.399 e. The van der Waals surface area contributed by atoms with Crippen LogP contribution in [0.4, 0.5) is 10.1 Å². The number of amides is 1. The molecule has 0 aliphatic carbocycles. The van der Waals surface area contributed by atoms with Crippen LogP contribution in [-0.2, 0) is 0 Å². The molecule has 0 heterocycles. The molecule has 1 unspecified atom stereocenters. The molecule has 0 aromatic heterocycles. The standard InChI is InChI=1S/C14H21FN2O/c1-3-4-5-6-10(2)17-14(18)12-9-11(16)7-8-13(12)15/h7-10H,3-6,16H2,1-2H3,(H,17,18). The van der Waals surface area contributed by atoms with Gasteiger partial charge < -0.3 is 11.1 Å². The smallest absolute Gasteiger partial charge is 0.254 e. The van der Waals surface area contributed by atoms with Gasteiger partial charge in [0.1, 0.15) is 5.82 Å². The molecule has 0 fully saturated rings. The zero-order valence-electron chi connectivity index (χ0n) is 11.0. The lowest BCUT2D eigenvalue weighted by atomic mass is 10.1. The van der Waals surface area contributed by atoms with E-state index in [-0.39, 0.29) is 11.6 Å². The first kappa shape index (κ1) is 14.5. The summed E-state index contributed by atoms with van der Waals surface area (Å²) in [6.45, 7) is 4.06. The molecular weight excluding hydrogens is 231 g/mol.